The molecule has 2 atom stereocenters. The zero-order chi connectivity index (χ0) is 25.2. The maximum absolute atomic E-state index is 12.8. The van der Waals surface area contributed by atoms with E-state index in [1.807, 2.05) is 79.5 Å². The number of thioether (sulfide) groups is 1. The standard InChI is InChI=1S/C28H25ClN4O2S/c1-17-8-13-22(14-18(17)2)30-26(34)16-25-27(35)31-28(36-25)33-24(20-6-4-3-5-7-20)15-23(32-33)19-9-11-21(29)12-10-19/h3-14,24-25H,15-16H2,1-2H3,(H,30,34)/t24-,25+/m0/s1. The fourth-order valence-corrected chi connectivity index (χ4v) is 5.43. The third-order valence-electron chi connectivity index (χ3n) is 6.36. The Balaban J connectivity index is 1.33. The van der Waals surface area contributed by atoms with E-state index < -0.39 is 5.25 Å². The molecule has 1 N–H and O–H groups in total. The fourth-order valence-electron chi connectivity index (χ4n) is 4.24. The average molecular weight is 517 g/mol. The predicted molar refractivity (Wildman–Crippen MR) is 147 cm³/mol. The van der Waals surface area contributed by atoms with Gasteiger partial charge in [-0.05, 0) is 60.4 Å². The second-order valence-corrected chi connectivity index (χ2v) is 10.5. The van der Waals surface area contributed by atoms with Crippen molar-refractivity contribution in [3.8, 4) is 0 Å². The monoisotopic (exact) mass is 516 g/mol. The fraction of sp³-hybridized carbons (Fsp3) is 0.214. The molecule has 0 aromatic heterocycles. The number of halogens is 1. The average Bonchev–Trinajstić information content (AvgIpc) is 3.46. The first kappa shape index (κ1) is 24.3. The molecular weight excluding hydrogens is 492 g/mol. The summed E-state index contributed by atoms with van der Waals surface area (Å²) in [4.78, 5) is 29.8. The van der Waals surface area contributed by atoms with E-state index in [9.17, 15) is 9.59 Å². The zero-order valence-electron chi connectivity index (χ0n) is 19.9. The van der Waals surface area contributed by atoms with Gasteiger partial charge in [-0.1, -0.05) is 71.9 Å². The molecule has 182 valence electrons. The SMILES string of the molecule is Cc1ccc(NC(=O)C[C@H]2SC(N3N=C(c4ccc(Cl)cc4)C[C@H]3c3ccccc3)=NC2=O)cc1C. The minimum atomic E-state index is -0.585. The Morgan fingerprint density at radius 1 is 1.06 bits per heavy atom. The number of hydrazone groups is 1. The second kappa shape index (κ2) is 10.3. The summed E-state index contributed by atoms with van der Waals surface area (Å²) in [6.45, 7) is 4.02. The van der Waals surface area contributed by atoms with Crippen molar-refractivity contribution < 1.29 is 9.59 Å². The van der Waals surface area contributed by atoms with Gasteiger partial charge in [-0.15, -0.1) is 0 Å². The summed E-state index contributed by atoms with van der Waals surface area (Å²) in [5.41, 5.74) is 5.93. The topological polar surface area (TPSA) is 74.1 Å². The Morgan fingerprint density at radius 2 is 1.81 bits per heavy atom. The molecule has 5 rings (SSSR count). The Morgan fingerprint density at radius 3 is 2.53 bits per heavy atom. The van der Waals surface area contributed by atoms with Crippen LogP contribution in [0.15, 0.2) is 82.9 Å². The summed E-state index contributed by atoms with van der Waals surface area (Å²) < 4.78 is 0. The van der Waals surface area contributed by atoms with E-state index in [1.54, 1.807) is 0 Å². The van der Waals surface area contributed by atoms with Crippen molar-refractivity contribution >= 4 is 51.7 Å². The third-order valence-corrected chi connectivity index (χ3v) is 7.75. The highest BCUT2D eigenvalue weighted by atomic mass is 35.5. The number of amidine groups is 1. The van der Waals surface area contributed by atoms with E-state index >= 15 is 0 Å². The first-order valence-electron chi connectivity index (χ1n) is 11.7. The first-order chi connectivity index (χ1) is 17.4. The lowest BCUT2D eigenvalue weighted by molar-refractivity contribution is -0.121. The van der Waals surface area contributed by atoms with Crippen molar-refractivity contribution in [2.75, 3.05) is 5.32 Å². The van der Waals surface area contributed by atoms with Gasteiger partial charge in [0.05, 0.1) is 11.8 Å². The molecule has 0 aliphatic carbocycles. The van der Waals surface area contributed by atoms with Gasteiger partial charge >= 0.3 is 0 Å². The molecule has 2 heterocycles. The number of aliphatic imine (C=N–C) groups is 1. The van der Waals surface area contributed by atoms with Crippen LogP contribution in [0.25, 0.3) is 0 Å². The highest BCUT2D eigenvalue weighted by molar-refractivity contribution is 8.15. The largest absolute Gasteiger partial charge is 0.326 e. The van der Waals surface area contributed by atoms with E-state index in [0.717, 1.165) is 33.7 Å². The van der Waals surface area contributed by atoms with Crippen LogP contribution in [0.4, 0.5) is 5.69 Å². The van der Waals surface area contributed by atoms with Gasteiger partial charge in [-0.25, -0.2) is 5.01 Å². The number of carbonyl (C=O) groups is 2. The number of carbonyl (C=O) groups excluding carboxylic acids is 2. The molecule has 0 spiro atoms. The lowest BCUT2D eigenvalue weighted by Gasteiger charge is -2.23. The second-order valence-electron chi connectivity index (χ2n) is 8.92. The van der Waals surface area contributed by atoms with Crippen LogP contribution in [0.1, 0.15) is 41.1 Å². The summed E-state index contributed by atoms with van der Waals surface area (Å²) in [6, 6.07) is 23.3. The number of benzene rings is 3. The number of hydrogen-bond acceptors (Lipinski definition) is 5. The molecule has 2 aliphatic heterocycles. The van der Waals surface area contributed by atoms with Crippen LogP contribution in [0.3, 0.4) is 0 Å². The van der Waals surface area contributed by atoms with Crippen molar-refractivity contribution in [1.29, 1.82) is 0 Å². The molecule has 36 heavy (non-hydrogen) atoms. The van der Waals surface area contributed by atoms with Crippen molar-refractivity contribution in [2.45, 2.75) is 38.0 Å². The van der Waals surface area contributed by atoms with Crippen molar-refractivity contribution in [2.24, 2.45) is 10.1 Å². The molecule has 0 unspecified atom stereocenters. The number of hydrogen-bond donors (Lipinski definition) is 1. The van der Waals surface area contributed by atoms with E-state index in [-0.39, 0.29) is 24.3 Å². The van der Waals surface area contributed by atoms with Crippen LogP contribution in [-0.4, -0.2) is 33.0 Å². The van der Waals surface area contributed by atoms with E-state index in [1.165, 1.54) is 11.8 Å². The van der Waals surface area contributed by atoms with Crippen molar-refractivity contribution in [1.82, 2.24) is 5.01 Å². The molecule has 2 amide bonds. The van der Waals surface area contributed by atoms with Crippen LogP contribution in [0.5, 0.6) is 0 Å². The molecule has 0 bridgehead atoms. The van der Waals surface area contributed by atoms with Gasteiger partial charge in [0.25, 0.3) is 5.91 Å². The van der Waals surface area contributed by atoms with Gasteiger partial charge in [0, 0.05) is 23.6 Å². The van der Waals surface area contributed by atoms with Crippen LogP contribution in [0, 0.1) is 13.8 Å². The molecule has 0 saturated carbocycles. The lowest BCUT2D eigenvalue weighted by Crippen LogP contribution is -2.25. The summed E-state index contributed by atoms with van der Waals surface area (Å²) in [6.07, 6.45) is 0.707. The Bertz CT molecular complexity index is 1370. The summed E-state index contributed by atoms with van der Waals surface area (Å²) in [5.74, 6) is -0.529. The van der Waals surface area contributed by atoms with Gasteiger partial charge in [0.2, 0.25) is 5.91 Å². The Labute approximate surface area is 219 Å². The first-order valence-corrected chi connectivity index (χ1v) is 13.0. The number of rotatable bonds is 5. The molecule has 3 aromatic carbocycles. The maximum Gasteiger partial charge on any atom is 0.262 e. The summed E-state index contributed by atoms with van der Waals surface area (Å²) in [7, 11) is 0. The maximum atomic E-state index is 12.8. The zero-order valence-corrected chi connectivity index (χ0v) is 21.5. The van der Waals surface area contributed by atoms with Crippen LogP contribution < -0.4 is 5.32 Å². The number of amides is 2. The van der Waals surface area contributed by atoms with Gasteiger partial charge in [-0.2, -0.15) is 10.1 Å². The highest BCUT2D eigenvalue weighted by Crippen LogP contribution is 2.38. The van der Waals surface area contributed by atoms with Crippen LogP contribution in [-0.2, 0) is 9.59 Å². The Kier molecular flexibility index (Phi) is 6.94. The lowest BCUT2D eigenvalue weighted by atomic mass is 9.99. The molecule has 0 fully saturated rings. The quantitative estimate of drug-likeness (QED) is 0.442. The molecule has 0 saturated heterocycles. The minimum Gasteiger partial charge on any atom is -0.326 e. The summed E-state index contributed by atoms with van der Waals surface area (Å²) >= 11 is 7.37. The van der Waals surface area contributed by atoms with Crippen LogP contribution >= 0.6 is 23.4 Å². The van der Waals surface area contributed by atoms with Gasteiger partial charge in [-0.3, -0.25) is 9.59 Å². The normalized spacial score (nSPS) is 19.3. The van der Waals surface area contributed by atoms with Gasteiger partial charge in [0.1, 0.15) is 5.25 Å². The number of nitrogens with zero attached hydrogens (tertiary/aromatic N) is 3. The molecule has 2 aliphatic rings. The molecular formula is C28H25ClN4O2S. The van der Waals surface area contributed by atoms with Crippen LogP contribution in [0.2, 0.25) is 5.02 Å². The van der Waals surface area contributed by atoms with E-state index in [4.69, 9.17) is 16.7 Å². The molecule has 6 nitrogen and oxygen atoms in total. The van der Waals surface area contributed by atoms with E-state index in [0.29, 0.717) is 16.6 Å². The number of aryl methyl sites for hydroxylation is 2. The molecule has 3 aromatic rings. The predicted octanol–water partition coefficient (Wildman–Crippen LogP) is 6.13. The summed E-state index contributed by atoms with van der Waals surface area (Å²) in [5, 5.41) is 10.2. The van der Waals surface area contributed by atoms with Gasteiger partial charge < -0.3 is 5.32 Å². The van der Waals surface area contributed by atoms with E-state index in [2.05, 4.69) is 22.4 Å². The highest BCUT2D eigenvalue weighted by Gasteiger charge is 2.39. The van der Waals surface area contributed by atoms with Crippen molar-refractivity contribution in [3.05, 3.63) is 100 Å². The third kappa shape index (κ3) is 5.22. The molecule has 8 heteroatoms. The minimum absolute atomic E-state index is 0.0427. The number of nitrogens with one attached hydrogen (secondary N) is 1. The number of anilines is 1. The smallest absolute Gasteiger partial charge is 0.262 e. The Hall–Kier alpha value is -3.42. The molecule has 0 radical (unpaired) electrons. The van der Waals surface area contributed by atoms with Crippen molar-refractivity contribution in [3.63, 3.8) is 0 Å². The van der Waals surface area contributed by atoms with Gasteiger partial charge in [0.15, 0.2) is 5.17 Å².